The maximum Gasteiger partial charge on any atom is 0.224 e. The number of benzene rings is 2. The van der Waals surface area contributed by atoms with Crippen LogP contribution in [0.1, 0.15) is 11.3 Å². The molecule has 0 spiro atoms. The van der Waals surface area contributed by atoms with Crippen molar-refractivity contribution in [2.45, 2.75) is 12.8 Å². The van der Waals surface area contributed by atoms with Gasteiger partial charge in [-0.05, 0) is 22.8 Å². The van der Waals surface area contributed by atoms with Gasteiger partial charge < -0.3 is 5.32 Å². The highest BCUT2D eigenvalue weighted by molar-refractivity contribution is 7.12. The van der Waals surface area contributed by atoms with Crippen molar-refractivity contribution in [3.8, 4) is 16.3 Å². The molecule has 0 saturated heterocycles. The zero-order valence-corrected chi connectivity index (χ0v) is 16.1. The van der Waals surface area contributed by atoms with Crippen molar-refractivity contribution >= 4 is 17.2 Å². The van der Waals surface area contributed by atoms with Gasteiger partial charge >= 0.3 is 0 Å². The van der Waals surface area contributed by atoms with Crippen molar-refractivity contribution < 1.29 is 4.79 Å². The molecule has 2 aromatic heterocycles. The smallest absolute Gasteiger partial charge is 0.224 e. The SMILES string of the molecule is O=C(Cc1ccc(-c2ccccc2)cc1)NCCc1csc(-n2cccn2)n1. The summed E-state index contributed by atoms with van der Waals surface area (Å²) in [6.45, 7) is 0.573. The van der Waals surface area contributed by atoms with Gasteiger partial charge in [0.15, 0.2) is 0 Å². The minimum atomic E-state index is 0.0231. The lowest BCUT2D eigenvalue weighted by Gasteiger charge is -2.06. The van der Waals surface area contributed by atoms with Crippen LogP contribution < -0.4 is 5.32 Å². The fourth-order valence-corrected chi connectivity index (χ4v) is 3.72. The summed E-state index contributed by atoms with van der Waals surface area (Å²) in [5.41, 5.74) is 4.30. The topological polar surface area (TPSA) is 59.8 Å². The van der Waals surface area contributed by atoms with E-state index >= 15 is 0 Å². The van der Waals surface area contributed by atoms with Gasteiger partial charge in [0.25, 0.3) is 0 Å². The van der Waals surface area contributed by atoms with Gasteiger partial charge in [-0.25, -0.2) is 9.67 Å². The van der Waals surface area contributed by atoms with Gasteiger partial charge in [0.1, 0.15) is 0 Å². The van der Waals surface area contributed by atoms with Gasteiger partial charge in [0.05, 0.1) is 12.1 Å². The monoisotopic (exact) mass is 388 g/mol. The van der Waals surface area contributed by atoms with Crippen molar-refractivity contribution in [3.63, 3.8) is 0 Å². The Bertz CT molecular complexity index is 1020. The molecule has 2 heterocycles. The molecular weight excluding hydrogens is 368 g/mol. The van der Waals surface area contributed by atoms with Crippen LogP contribution in [0.3, 0.4) is 0 Å². The molecule has 4 rings (SSSR count). The van der Waals surface area contributed by atoms with Crippen molar-refractivity contribution in [2.75, 3.05) is 6.54 Å². The summed E-state index contributed by atoms with van der Waals surface area (Å²) in [6.07, 6.45) is 4.68. The van der Waals surface area contributed by atoms with E-state index in [1.807, 2.05) is 48.0 Å². The third-order valence-corrected chi connectivity index (χ3v) is 5.25. The van der Waals surface area contributed by atoms with E-state index < -0.39 is 0 Å². The van der Waals surface area contributed by atoms with Crippen molar-refractivity contribution in [2.24, 2.45) is 0 Å². The van der Waals surface area contributed by atoms with E-state index in [1.165, 1.54) is 5.56 Å². The first-order valence-corrected chi connectivity index (χ1v) is 10.0. The van der Waals surface area contributed by atoms with Crippen LogP contribution in [-0.2, 0) is 17.6 Å². The number of carbonyl (C=O) groups is 1. The largest absolute Gasteiger partial charge is 0.355 e. The van der Waals surface area contributed by atoms with Crippen LogP contribution in [0.4, 0.5) is 0 Å². The molecule has 0 radical (unpaired) electrons. The number of nitrogens with one attached hydrogen (secondary N) is 1. The predicted molar refractivity (Wildman–Crippen MR) is 112 cm³/mol. The molecule has 6 heteroatoms. The molecule has 28 heavy (non-hydrogen) atoms. The zero-order valence-electron chi connectivity index (χ0n) is 15.3. The number of nitrogens with zero attached hydrogens (tertiary/aromatic N) is 3. The maximum absolute atomic E-state index is 12.2. The Morgan fingerprint density at radius 3 is 2.54 bits per heavy atom. The summed E-state index contributed by atoms with van der Waals surface area (Å²) >= 11 is 1.54. The second-order valence-corrected chi connectivity index (χ2v) is 7.25. The molecule has 4 aromatic rings. The summed E-state index contributed by atoms with van der Waals surface area (Å²) in [5, 5.41) is 9.99. The summed E-state index contributed by atoms with van der Waals surface area (Å²) < 4.78 is 1.74. The third kappa shape index (κ3) is 4.53. The summed E-state index contributed by atoms with van der Waals surface area (Å²) in [7, 11) is 0. The molecule has 0 saturated carbocycles. The van der Waals surface area contributed by atoms with Crippen molar-refractivity contribution in [1.82, 2.24) is 20.1 Å². The van der Waals surface area contributed by atoms with Gasteiger partial charge in [-0.3, -0.25) is 4.79 Å². The second kappa shape index (κ2) is 8.63. The fourth-order valence-electron chi connectivity index (χ4n) is 2.92. The minimum absolute atomic E-state index is 0.0231. The van der Waals surface area contributed by atoms with Gasteiger partial charge in [-0.2, -0.15) is 5.10 Å². The molecule has 0 aliphatic heterocycles. The average Bonchev–Trinajstić information content (AvgIpc) is 3.41. The van der Waals surface area contributed by atoms with Crippen LogP contribution in [-0.4, -0.2) is 27.2 Å². The number of hydrogen-bond acceptors (Lipinski definition) is 4. The number of aromatic nitrogens is 3. The standard InChI is InChI=1S/C22H20N4OS/c27-21(15-17-7-9-19(10-8-17)18-5-2-1-3-6-18)23-13-11-20-16-28-22(25-20)26-14-4-12-24-26/h1-10,12,14,16H,11,13,15H2,(H,23,27). The minimum Gasteiger partial charge on any atom is -0.355 e. The fraction of sp³-hybridized carbons (Fsp3) is 0.136. The molecule has 5 nitrogen and oxygen atoms in total. The van der Waals surface area contributed by atoms with Crippen LogP contribution in [0.5, 0.6) is 0 Å². The zero-order chi connectivity index (χ0) is 19.2. The van der Waals surface area contributed by atoms with E-state index in [0.717, 1.165) is 22.0 Å². The lowest BCUT2D eigenvalue weighted by molar-refractivity contribution is -0.120. The number of rotatable bonds is 7. The summed E-state index contributed by atoms with van der Waals surface area (Å²) in [6, 6.07) is 20.2. The lowest BCUT2D eigenvalue weighted by Crippen LogP contribution is -2.27. The highest BCUT2D eigenvalue weighted by Crippen LogP contribution is 2.19. The molecule has 0 unspecified atom stereocenters. The van der Waals surface area contributed by atoms with Crippen LogP contribution in [0, 0.1) is 0 Å². The van der Waals surface area contributed by atoms with Crippen LogP contribution >= 0.6 is 11.3 Å². The number of carbonyl (C=O) groups excluding carboxylic acids is 1. The Morgan fingerprint density at radius 1 is 1.00 bits per heavy atom. The normalized spacial score (nSPS) is 10.7. The van der Waals surface area contributed by atoms with Gasteiger partial charge in [0.2, 0.25) is 11.0 Å². The maximum atomic E-state index is 12.2. The molecule has 0 aliphatic carbocycles. The third-order valence-electron chi connectivity index (χ3n) is 4.37. The molecule has 0 atom stereocenters. The quantitative estimate of drug-likeness (QED) is 0.522. The Kier molecular flexibility index (Phi) is 5.58. The Labute approximate surface area is 167 Å². The average molecular weight is 388 g/mol. The summed E-state index contributed by atoms with van der Waals surface area (Å²) in [5.74, 6) is 0.0231. The molecule has 0 bridgehead atoms. The Morgan fingerprint density at radius 2 is 1.79 bits per heavy atom. The molecular formula is C22H20N4OS. The van der Waals surface area contributed by atoms with Crippen molar-refractivity contribution in [3.05, 3.63) is 89.7 Å². The second-order valence-electron chi connectivity index (χ2n) is 6.41. The van der Waals surface area contributed by atoms with Gasteiger partial charge in [-0.15, -0.1) is 11.3 Å². The van der Waals surface area contributed by atoms with E-state index in [0.29, 0.717) is 19.4 Å². The van der Waals surface area contributed by atoms with Crippen LogP contribution in [0.2, 0.25) is 0 Å². The molecule has 140 valence electrons. The number of amides is 1. The van der Waals surface area contributed by atoms with Gasteiger partial charge in [0, 0.05) is 30.7 Å². The molecule has 0 aliphatic rings. The first-order valence-electron chi connectivity index (χ1n) is 9.13. The highest BCUT2D eigenvalue weighted by Gasteiger charge is 2.07. The van der Waals surface area contributed by atoms with Crippen LogP contribution in [0.15, 0.2) is 78.4 Å². The first-order chi connectivity index (χ1) is 13.8. The predicted octanol–water partition coefficient (Wildman–Crippen LogP) is 3.90. The van der Waals surface area contributed by atoms with E-state index in [1.54, 1.807) is 22.2 Å². The first kappa shape index (κ1) is 18.1. The molecule has 2 aromatic carbocycles. The highest BCUT2D eigenvalue weighted by atomic mass is 32.1. The van der Waals surface area contributed by atoms with Gasteiger partial charge in [-0.1, -0.05) is 54.6 Å². The number of hydrogen-bond donors (Lipinski definition) is 1. The van der Waals surface area contributed by atoms with Crippen LogP contribution in [0.25, 0.3) is 16.3 Å². The van der Waals surface area contributed by atoms with E-state index in [2.05, 4.69) is 39.7 Å². The lowest BCUT2D eigenvalue weighted by atomic mass is 10.0. The summed E-state index contributed by atoms with van der Waals surface area (Å²) in [4.78, 5) is 16.7. The molecule has 0 fully saturated rings. The van der Waals surface area contributed by atoms with Crippen molar-refractivity contribution in [1.29, 1.82) is 0 Å². The van der Waals surface area contributed by atoms with E-state index in [9.17, 15) is 4.79 Å². The van der Waals surface area contributed by atoms with E-state index in [4.69, 9.17) is 0 Å². The molecule has 1 amide bonds. The Balaban J connectivity index is 1.26. The number of thiazole rings is 1. The molecule has 1 N–H and O–H groups in total. The Hall–Kier alpha value is -3.25. The van der Waals surface area contributed by atoms with E-state index in [-0.39, 0.29) is 5.91 Å².